The molecule has 1 N–H and O–H groups in total. The molecular formula is C15H11Cl2NO3. The van der Waals surface area contributed by atoms with Gasteiger partial charge in [-0.15, -0.1) is 0 Å². The van der Waals surface area contributed by atoms with Gasteiger partial charge in [-0.05, 0) is 24.3 Å². The zero-order valence-corrected chi connectivity index (χ0v) is 12.3. The number of nitrogens with one attached hydrogen (secondary N) is 1. The Kier molecular flexibility index (Phi) is 5.20. The standard InChI is InChI=1S/C15H11Cl2NO3/c16-11-7-4-8-12(17)14(11)21-13(19)9-18-15(20)10-5-2-1-3-6-10/h1-8H,9H2,(H,18,20). The third-order valence-electron chi connectivity index (χ3n) is 2.56. The van der Waals surface area contributed by atoms with E-state index in [0.29, 0.717) is 5.56 Å². The molecule has 2 aromatic rings. The molecule has 0 fully saturated rings. The van der Waals surface area contributed by atoms with E-state index in [9.17, 15) is 9.59 Å². The van der Waals surface area contributed by atoms with Gasteiger partial charge in [0.2, 0.25) is 0 Å². The van der Waals surface area contributed by atoms with Crippen LogP contribution in [0.4, 0.5) is 0 Å². The summed E-state index contributed by atoms with van der Waals surface area (Å²) in [5, 5.41) is 2.91. The zero-order chi connectivity index (χ0) is 15.2. The van der Waals surface area contributed by atoms with E-state index in [1.807, 2.05) is 0 Å². The molecule has 0 atom stereocenters. The number of carbonyl (C=O) groups is 2. The minimum atomic E-state index is -0.658. The van der Waals surface area contributed by atoms with Gasteiger partial charge in [0.05, 0.1) is 10.0 Å². The van der Waals surface area contributed by atoms with Gasteiger partial charge in [-0.1, -0.05) is 47.5 Å². The highest BCUT2D eigenvalue weighted by Crippen LogP contribution is 2.32. The van der Waals surface area contributed by atoms with Gasteiger partial charge in [0, 0.05) is 5.56 Å². The second kappa shape index (κ2) is 7.11. The van der Waals surface area contributed by atoms with Gasteiger partial charge in [0.25, 0.3) is 5.91 Å². The molecule has 6 heteroatoms. The molecule has 0 unspecified atom stereocenters. The van der Waals surface area contributed by atoms with E-state index in [1.165, 1.54) is 0 Å². The van der Waals surface area contributed by atoms with Gasteiger partial charge in [-0.3, -0.25) is 4.79 Å². The first-order valence-corrected chi connectivity index (χ1v) is 6.81. The molecular weight excluding hydrogens is 313 g/mol. The number of hydrogen-bond acceptors (Lipinski definition) is 3. The van der Waals surface area contributed by atoms with E-state index >= 15 is 0 Å². The number of hydrogen-bond donors (Lipinski definition) is 1. The summed E-state index contributed by atoms with van der Waals surface area (Å²) in [4.78, 5) is 23.5. The summed E-state index contributed by atoms with van der Waals surface area (Å²) in [6.45, 7) is -0.282. The number of halogens is 2. The Hall–Kier alpha value is -2.04. The Morgan fingerprint density at radius 1 is 0.952 bits per heavy atom. The number of carbonyl (C=O) groups excluding carboxylic acids is 2. The number of ether oxygens (including phenoxy) is 1. The topological polar surface area (TPSA) is 55.4 Å². The van der Waals surface area contributed by atoms with Gasteiger partial charge < -0.3 is 10.1 Å². The minimum absolute atomic E-state index is 0.0831. The van der Waals surface area contributed by atoms with Crippen LogP contribution in [0.1, 0.15) is 10.4 Å². The SMILES string of the molecule is O=C(CNC(=O)c1ccccc1)Oc1c(Cl)cccc1Cl. The summed E-state index contributed by atoms with van der Waals surface area (Å²) in [5.41, 5.74) is 0.459. The first-order valence-electron chi connectivity index (χ1n) is 6.06. The van der Waals surface area contributed by atoms with Crippen molar-refractivity contribution in [3.05, 3.63) is 64.1 Å². The Bertz CT molecular complexity index is 639. The number of rotatable bonds is 4. The van der Waals surface area contributed by atoms with E-state index in [2.05, 4.69) is 5.32 Å². The average Bonchev–Trinajstić information content (AvgIpc) is 2.49. The van der Waals surface area contributed by atoms with Crippen molar-refractivity contribution < 1.29 is 14.3 Å². The second-order valence-electron chi connectivity index (χ2n) is 4.07. The van der Waals surface area contributed by atoms with Crippen molar-refractivity contribution in [1.29, 1.82) is 0 Å². The number of para-hydroxylation sites is 1. The molecule has 0 heterocycles. The van der Waals surface area contributed by atoms with E-state index < -0.39 is 5.97 Å². The summed E-state index contributed by atoms with van der Waals surface area (Å²) >= 11 is 11.8. The molecule has 108 valence electrons. The molecule has 2 aromatic carbocycles. The van der Waals surface area contributed by atoms with Crippen molar-refractivity contribution in [3.63, 3.8) is 0 Å². The summed E-state index contributed by atoms with van der Waals surface area (Å²) in [6, 6.07) is 13.3. The third-order valence-corrected chi connectivity index (χ3v) is 3.16. The van der Waals surface area contributed by atoms with Crippen molar-refractivity contribution in [1.82, 2.24) is 5.32 Å². The molecule has 0 radical (unpaired) electrons. The maximum absolute atomic E-state index is 11.8. The Labute approximate surface area is 131 Å². The second-order valence-corrected chi connectivity index (χ2v) is 4.89. The Morgan fingerprint density at radius 3 is 2.19 bits per heavy atom. The lowest BCUT2D eigenvalue weighted by atomic mass is 10.2. The van der Waals surface area contributed by atoms with Gasteiger partial charge in [0.1, 0.15) is 6.54 Å². The fraction of sp³-hybridized carbons (Fsp3) is 0.0667. The van der Waals surface area contributed by atoms with E-state index in [0.717, 1.165) is 0 Å². The molecule has 0 aliphatic heterocycles. The van der Waals surface area contributed by atoms with Crippen LogP contribution < -0.4 is 10.1 Å². The molecule has 0 aliphatic carbocycles. The fourth-order valence-electron chi connectivity index (χ4n) is 1.57. The summed E-state index contributed by atoms with van der Waals surface area (Å²) in [7, 11) is 0. The molecule has 0 bridgehead atoms. The minimum Gasteiger partial charge on any atom is -0.422 e. The monoisotopic (exact) mass is 323 g/mol. The first-order chi connectivity index (χ1) is 10.1. The van der Waals surface area contributed by atoms with E-state index in [-0.39, 0.29) is 28.2 Å². The molecule has 0 saturated heterocycles. The van der Waals surface area contributed by atoms with Gasteiger partial charge >= 0.3 is 5.97 Å². The van der Waals surface area contributed by atoms with Crippen LogP contribution in [-0.2, 0) is 4.79 Å². The highest BCUT2D eigenvalue weighted by atomic mass is 35.5. The molecule has 4 nitrogen and oxygen atoms in total. The molecule has 21 heavy (non-hydrogen) atoms. The molecule has 0 saturated carbocycles. The molecule has 0 aliphatic rings. The summed E-state index contributed by atoms with van der Waals surface area (Å²) in [6.07, 6.45) is 0. The Morgan fingerprint density at radius 2 is 1.57 bits per heavy atom. The van der Waals surface area contributed by atoms with Crippen LogP contribution in [0.3, 0.4) is 0 Å². The van der Waals surface area contributed by atoms with Gasteiger partial charge in [0.15, 0.2) is 5.75 Å². The first kappa shape index (κ1) is 15.4. The number of amides is 1. The average molecular weight is 324 g/mol. The van der Waals surface area contributed by atoms with Crippen LogP contribution >= 0.6 is 23.2 Å². The van der Waals surface area contributed by atoms with E-state index in [4.69, 9.17) is 27.9 Å². The smallest absolute Gasteiger partial charge is 0.330 e. The number of benzene rings is 2. The predicted molar refractivity (Wildman–Crippen MR) is 80.9 cm³/mol. The highest BCUT2D eigenvalue weighted by molar-refractivity contribution is 6.37. The van der Waals surface area contributed by atoms with Gasteiger partial charge in [-0.25, -0.2) is 4.79 Å². The van der Waals surface area contributed by atoms with Crippen molar-refractivity contribution in [2.24, 2.45) is 0 Å². The molecule has 0 spiro atoms. The normalized spacial score (nSPS) is 10.0. The Balaban J connectivity index is 1.92. The maximum Gasteiger partial charge on any atom is 0.330 e. The maximum atomic E-state index is 11.8. The lowest BCUT2D eigenvalue weighted by molar-refractivity contribution is -0.133. The lowest BCUT2D eigenvalue weighted by Crippen LogP contribution is -2.31. The van der Waals surface area contributed by atoms with Crippen LogP contribution in [0.15, 0.2) is 48.5 Å². The quantitative estimate of drug-likeness (QED) is 0.693. The van der Waals surface area contributed by atoms with Crippen molar-refractivity contribution >= 4 is 35.1 Å². The largest absolute Gasteiger partial charge is 0.422 e. The zero-order valence-electron chi connectivity index (χ0n) is 10.8. The van der Waals surface area contributed by atoms with Crippen molar-refractivity contribution in [3.8, 4) is 5.75 Å². The summed E-state index contributed by atoms with van der Waals surface area (Å²) in [5.74, 6) is -0.938. The van der Waals surface area contributed by atoms with Crippen LogP contribution in [-0.4, -0.2) is 18.4 Å². The van der Waals surface area contributed by atoms with Crippen LogP contribution in [0.2, 0.25) is 10.0 Å². The fourth-order valence-corrected chi connectivity index (χ4v) is 2.05. The van der Waals surface area contributed by atoms with Crippen LogP contribution in [0.25, 0.3) is 0 Å². The van der Waals surface area contributed by atoms with Crippen molar-refractivity contribution in [2.45, 2.75) is 0 Å². The van der Waals surface area contributed by atoms with E-state index in [1.54, 1.807) is 48.5 Å². The highest BCUT2D eigenvalue weighted by Gasteiger charge is 2.13. The third kappa shape index (κ3) is 4.21. The number of esters is 1. The molecule has 0 aromatic heterocycles. The molecule has 1 amide bonds. The molecule has 2 rings (SSSR count). The van der Waals surface area contributed by atoms with Crippen LogP contribution in [0, 0.1) is 0 Å². The lowest BCUT2D eigenvalue weighted by Gasteiger charge is -2.08. The summed E-state index contributed by atoms with van der Waals surface area (Å²) < 4.78 is 5.04. The van der Waals surface area contributed by atoms with Crippen molar-refractivity contribution in [2.75, 3.05) is 6.54 Å². The van der Waals surface area contributed by atoms with Gasteiger partial charge in [-0.2, -0.15) is 0 Å². The van der Waals surface area contributed by atoms with Crippen LogP contribution in [0.5, 0.6) is 5.75 Å². The predicted octanol–water partition coefficient (Wildman–Crippen LogP) is 3.33.